The molecule has 1 fully saturated rings. The summed E-state index contributed by atoms with van der Waals surface area (Å²) >= 11 is 3.55. The van der Waals surface area contributed by atoms with Crippen LogP contribution in [0.5, 0.6) is 0 Å². The predicted molar refractivity (Wildman–Crippen MR) is 85.4 cm³/mol. The first kappa shape index (κ1) is 15.0. The minimum atomic E-state index is 0.418. The molecule has 1 aliphatic rings. The number of halogens is 1. The standard InChI is InChI=1S/C16H25BrN2/c1-13-4-5-15(17)10-14(13)6-9-19(2)12-16(11-18)7-3-8-16/h4-5,10H,3,6-9,11-12,18H2,1-2H3. The first-order valence-corrected chi connectivity index (χ1v) is 7.98. The number of hydrogen-bond acceptors (Lipinski definition) is 2. The van der Waals surface area contributed by atoms with E-state index in [4.69, 9.17) is 5.73 Å². The molecule has 1 aromatic rings. The molecule has 0 aliphatic heterocycles. The van der Waals surface area contributed by atoms with Gasteiger partial charge in [0, 0.05) is 17.6 Å². The molecule has 3 heteroatoms. The first-order chi connectivity index (χ1) is 9.04. The minimum absolute atomic E-state index is 0.418. The van der Waals surface area contributed by atoms with Gasteiger partial charge in [0.1, 0.15) is 0 Å². The van der Waals surface area contributed by atoms with Gasteiger partial charge >= 0.3 is 0 Å². The number of nitrogens with zero attached hydrogens (tertiary/aromatic N) is 1. The molecule has 0 amide bonds. The van der Waals surface area contributed by atoms with Gasteiger partial charge in [-0.2, -0.15) is 0 Å². The molecule has 2 N–H and O–H groups in total. The van der Waals surface area contributed by atoms with Crippen molar-refractivity contribution in [3.8, 4) is 0 Å². The summed E-state index contributed by atoms with van der Waals surface area (Å²) in [6.07, 6.45) is 5.09. The molecule has 0 saturated heterocycles. The zero-order chi connectivity index (χ0) is 13.9. The molecule has 0 bridgehead atoms. The lowest BCUT2D eigenvalue weighted by atomic mass is 9.68. The van der Waals surface area contributed by atoms with Gasteiger partial charge in [-0.05, 0) is 68.5 Å². The van der Waals surface area contributed by atoms with Crippen molar-refractivity contribution in [2.45, 2.75) is 32.6 Å². The van der Waals surface area contributed by atoms with Crippen molar-refractivity contribution in [3.05, 3.63) is 33.8 Å². The third-order valence-corrected chi connectivity index (χ3v) is 5.02. The second-order valence-corrected chi connectivity index (χ2v) is 7.03. The van der Waals surface area contributed by atoms with E-state index in [-0.39, 0.29) is 0 Å². The van der Waals surface area contributed by atoms with Gasteiger partial charge in [0.15, 0.2) is 0 Å². The summed E-state index contributed by atoms with van der Waals surface area (Å²) in [5, 5.41) is 0. The van der Waals surface area contributed by atoms with E-state index in [1.165, 1.54) is 34.9 Å². The second-order valence-electron chi connectivity index (χ2n) is 6.12. The quantitative estimate of drug-likeness (QED) is 0.869. The fourth-order valence-electron chi connectivity index (χ4n) is 2.98. The summed E-state index contributed by atoms with van der Waals surface area (Å²) in [6, 6.07) is 6.54. The van der Waals surface area contributed by atoms with Crippen LogP contribution in [0.4, 0.5) is 0 Å². The van der Waals surface area contributed by atoms with Crippen molar-refractivity contribution < 1.29 is 0 Å². The zero-order valence-corrected chi connectivity index (χ0v) is 13.7. The summed E-state index contributed by atoms with van der Waals surface area (Å²) in [4.78, 5) is 2.45. The number of hydrogen-bond donors (Lipinski definition) is 1. The number of aryl methyl sites for hydroxylation is 1. The molecule has 19 heavy (non-hydrogen) atoms. The van der Waals surface area contributed by atoms with E-state index in [0.29, 0.717) is 5.41 Å². The Labute approximate surface area is 125 Å². The van der Waals surface area contributed by atoms with Gasteiger partial charge < -0.3 is 10.6 Å². The van der Waals surface area contributed by atoms with E-state index in [1.807, 2.05) is 0 Å². The average Bonchev–Trinajstić information content (AvgIpc) is 2.35. The number of nitrogens with two attached hydrogens (primary N) is 1. The summed E-state index contributed by atoms with van der Waals surface area (Å²) in [5.41, 5.74) is 9.18. The average molecular weight is 325 g/mol. The molecular formula is C16H25BrN2. The van der Waals surface area contributed by atoms with E-state index in [2.05, 4.69) is 53.0 Å². The van der Waals surface area contributed by atoms with Gasteiger partial charge in [0.2, 0.25) is 0 Å². The lowest BCUT2D eigenvalue weighted by Gasteiger charge is -2.43. The van der Waals surface area contributed by atoms with Crippen molar-refractivity contribution in [2.75, 3.05) is 26.7 Å². The minimum Gasteiger partial charge on any atom is -0.330 e. The fraction of sp³-hybridized carbons (Fsp3) is 0.625. The molecule has 1 saturated carbocycles. The van der Waals surface area contributed by atoms with Crippen LogP contribution in [0, 0.1) is 12.3 Å². The van der Waals surface area contributed by atoms with Crippen molar-refractivity contribution in [1.82, 2.24) is 4.90 Å². The Morgan fingerprint density at radius 3 is 2.68 bits per heavy atom. The van der Waals surface area contributed by atoms with Crippen LogP contribution in [0.25, 0.3) is 0 Å². The lowest BCUT2D eigenvalue weighted by Crippen LogP contribution is -2.46. The van der Waals surface area contributed by atoms with Gasteiger partial charge in [-0.1, -0.05) is 28.4 Å². The van der Waals surface area contributed by atoms with E-state index >= 15 is 0 Å². The Balaban J connectivity index is 1.86. The molecule has 0 spiro atoms. The predicted octanol–water partition coefficient (Wildman–Crippen LogP) is 3.36. The van der Waals surface area contributed by atoms with Crippen LogP contribution < -0.4 is 5.73 Å². The van der Waals surface area contributed by atoms with E-state index in [0.717, 1.165) is 26.1 Å². The highest BCUT2D eigenvalue weighted by atomic mass is 79.9. The summed E-state index contributed by atoms with van der Waals surface area (Å²) in [5.74, 6) is 0. The molecule has 2 rings (SSSR count). The van der Waals surface area contributed by atoms with Gasteiger partial charge in [-0.3, -0.25) is 0 Å². The SMILES string of the molecule is Cc1ccc(Br)cc1CCN(C)CC1(CN)CCC1. The van der Waals surface area contributed by atoms with Crippen LogP contribution in [0.1, 0.15) is 30.4 Å². The van der Waals surface area contributed by atoms with Crippen LogP contribution in [0.15, 0.2) is 22.7 Å². The van der Waals surface area contributed by atoms with E-state index in [9.17, 15) is 0 Å². The zero-order valence-electron chi connectivity index (χ0n) is 12.1. The third kappa shape index (κ3) is 3.80. The molecule has 0 unspecified atom stereocenters. The monoisotopic (exact) mass is 324 g/mol. The maximum atomic E-state index is 5.94. The lowest BCUT2D eigenvalue weighted by molar-refractivity contribution is 0.0882. The van der Waals surface area contributed by atoms with Crippen molar-refractivity contribution >= 4 is 15.9 Å². The Kier molecular flexibility index (Phi) is 5.04. The molecular weight excluding hydrogens is 300 g/mol. The van der Waals surface area contributed by atoms with E-state index < -0.39 is 0 Å². The van der Waals surface area contributed by atoms with Crippen molar-refractivity contribution in [1.29, 1.82) is 0 Å². The maximum Gasteiger partial charge on any atom is 0.0178 e. The summed E-state index contributed by atoms with van der Waals surface area (Å²) in [6.45, 7) is 5.29. The Hall–Kier alpha value is -0.380. The molecule has 0 aromatic heterocycles. The number of likely N-dealkylation sites (N-methyl/N-ethyl adjacent to an activating group) is 1. The first-order valence-electron chi connectivity index (χ1n) is 7.18. The molecule has 1 aliphatic carbocycles. The highest BCUT2D eigenvalue weighted by Gasteiger charge is 2.36. The molecule has 106 valence electrons. The van der Waals surface area contributed by atoms with Crippen molar-refractivity contribution in [3.63, 3.8) is 0 Å². The maximum absolute atomic E-state index is 5.94. The normalized spacial score (nSPS) is 17.5. The molecule has 2 nitrogen and oxygen atoms in total. The van der Waals surface area contributed by atoms with Gasteiger partial charge in [-0.25, -0.2) is 0 Å². The third-order valence-electron chi connectivity index (χ3n) is 4.53. The van der Waals surface area contributed by atoms with Crippen LogP contribution in [0.3, 0.4) is 0 Å². The van der Waals surface area contributed by atoms with Crippen molar-refractivity contribution in [2.24, 2.45) is 11.1 Å². The number of rotatable bonds is 6. The summed E-state index contributed by atoms with van der Waals surface area (Å²) in [7, 11) is 2.23. The van der Waals surface area contributed by atoms with Gasteiger partial charge in [0.05, 0.1) is 0 Å². The second kappa shape index (κ2) is 6.38. The Morgan fingerprint density at radius 1 is 1.37 bits per heavy atom. The molecule has 1 aromatic carbocycles. The summed E-state index contributed by atoms with van der Waals surface area (Å²) < 4.78 is 1.17. The van der Waals surface area contributed by atoms with Crippen LogP contribution in [0.2, 0.25) is 0 Å². The molecule has 0 radical (unpaired) electrons. The fourth-order valence-corrected chi connectivity index (χ4v) is 3.38. The van der Waals surface area contributed by atoms with Crippen LogP contribution in [-0.2, 0) is 6.42 Å². The Morgan fingerprint density at radius 2 is 2.11 bits per heavy atom. The topological polar surface area (TPSA) is 29.3 Å². The Bertz CT molecular complexity index is 421. The highest BCUT2D eigenvalue weighted by Crippen LogP contribution is 2.40. The van der Waals surface area contributed by atoms with Crippen LogP contribution in [-0.4, -0.2) is 31.6 Å². The molecule has 0 heterocycles. The number of benzene rings is 1. The van der Waals surface area contributed by atoms with E-state index in [1.54, 1.807) is 0 Å². The molecule has 0 atom stereocenters. The van der Waals surface area contributed by atoms with Gasteiger partial charge in [0.25, 0.3) is 0 Å². The van der Waals surface area contributed by atoms with Crippen LogP contribution >= 0.6 is 15.9 Å². The largest absolute Gasteiger partial charge is 0.330 e. The van der Waals surface area contributed by atoms with Gasteiger partial charge in [-0.15, -0.1) is 0 Å². The smallest absolute Gasteiger partial charge is 0.0178 e. The highest BCUT2D eigenvalue weighted by molar-refractivity contribution is 9.10.